The zero-order valence-electron chi connectivity index (χ0n) is 22.9. The number of hydrogen-bond acceptors (Lipinski definition) is 7. The number of aliphatic hydroxyl groups excluding tert-OH is 1. The van der Waals surface area contributed by atoms with Gasteiger partial charge in [0.1, 0.15) is 18.2 Å². The first kappa shape index (κ1) is 29.0. The molecule has 37 heavy (non-hydrogen) atoms. The lowest BCUT2D eigenvalue weighted by molar-refractivity contribution is 0.147. The lowest BCUT2D eigenvalue weighted by atomic mass is 10.00. The summed E-state index contributed by atoms with van der Waals surface area (Å²) in [5, 5.41) is 26.6. The van der Waals surface area contributed by atoms with Crippen LogP contribution in [0.5, 0.6) is 11.5 Å². The summed E-state index contributed by atoms with van der Waals surface area (Å²) in [6.07, 6.45) is 13.2. The van der Waals surface area contributed by atoms with Gasteiger partial charge in [0.2, 0.25) is 0 Å². The van der Waals surface area contributed by atoms with Crippen molar-refractivity contribution in [1.29, 1.82) is 0 Å². The average molecular weight is 512 g/mol. The first-order chi connectivity index (χ1) is 17.9. The SMILES string of the molecule is CCCCC1[CH-]C=C(CCc2ccc(O)c(OC[C@H](NCC)[C+]3C=C([C@H](C)CNC[C@H](C)O)C=N3)c2)O1. The highest BCUT2D eigenvalue weighted by molar-refractivity contribution is 5.84. The second kappa shape index (κ2) is 15.0. The summed E-state index contributed by atoms with van der Waals surface area (Å²) in [5.41, 5.74) is 2.25. The highest BCUT2D eigenvalue weighted by Gasteiger charge is 2.32. The Hall–Kier alpha value is -2.61. The molecule has 0 amide bonds. The quantitative estimate of drug-likeness (QED) is 0.230. The molecule has 0 aromatic heterocycles. The van der Waals surface area contributed by atoms with Gasteiger partial charge in [-0.3, -0.25) is 5.32 Å². The highest BCUT2D eigenvalue weighted by Crippen LogP contribution is 2.30. The molecule has 4 N–H and O–H groups in total. The number of hydrogen-bond donors (Lipinski definition) is 4. The number of unbranched alkanes of at least 4 members (excludes halogenated alkanes) is 1. The third-order valence-electron chi connectivity index (χ3n) is 6.68. The van der Waals surface area contributed by atoms with Gasteiger partial charge < -0.3 is 25.0 Å². The summed E-state index contributed by atoms with van der Waals surface area (Å²) in [5.74, 6) is 1.92. The second-order valence-corrected chi connectivity index (χ2v) is 10.1. The lowest BCUT2D eigenvalue weighted by Gasteiger charge is -2.21. The maximum atomic E-state index is 10.4. The van der Waals surface area contributed by atoms with Crippen LogP contribution in [0, 0.1) is 18.4 Å². The van der Waals surface area contributed by atoms with E-state index in [-0.39, 0.29) is 29.9 Å². The number of phenolic OH excluding ortho intramolecular Hbond substituents is 1. The number of aliphatic hydroxyl groups is 1. The molecule has 1 unspecified atom stereocenters. The zero-order chi connectivity index (χ0) is 26.6. The van der Waals surface area contributed by atoms with E-state index in [0.29, 0.717) is 18.9 Å². The predicted octanol–water partition coefficient (Wildman–Crippen LogP) is 4.51. The van der Waals surface area contributed by atoms with Gasteiger partial charge >= 0.3 is 0 Å². The fourth-order valence-electron chi connectivity index (χ4n) is 4.44. The van der Waals surface area contributed by atoms with Gasteiger partial charge in [-0.1, -0.05) is 44.9 Å². The molecule has 3 rings (SSSR count). The van der Waals surface area contributed by atoms with Gasteiger partial charge in [0, 0.05) is 19.2 Å². The summed E-state index contributed by atoms with van der Waals surface area (Å²) in [6.45, 7) is 10.7. The van der Waals surface area contributed by atoms with Crippen LogP contribution in [0.4, 0.5) is 0 Å². The van der Waals surface area contributed by atoms with Crippen LogP contribution < -0.4 is 15.4 Å². The van der Waals surface area contributed by atoms with Gasteiger partial charge in [-0.05, 0) is 50.9 Å². The van der Waals surface area contributed by atoms with E-state index in [4.69, 9.17) is 9.47 Å². The lowest BCUT2D eigenvalue weighted by Crippen LogP contribution is -2.38. The van der Waals surface area contributed by atoms with Crippen LogP contribution in [0.1, 0.15) is 58.9 Å². The van der Waals surface area contributed by atoms with Gasteiger partial charge in [-0.25, -0.2) is 0 Å². The number of phenols is 1. The van der Waals surface area contributed by atoms with E-state index in [1.165, 1.54) is 12.8 Å². The Bertz CT molecular complexity index is 927. The largest absolute Gasteiger partial charge is 0.592 e. The van der Waals surface area contributed by atoms with E-state index < -0.39 is 0 Å². The summed E-state index contributed by atoms with van der Waals surface area (Å²) in [7, 11) is 0. The topological polar surface area (TPSA) is 95.3 Å². The number of rotatable bonds is 17. The van der Waals surface area contributed by atoms with Crippen molar-refractivity contribution in [3.05, 3.63) is 59.7 Å². The Morgan fingerprint density at radius 3 is 2.81 bits per heavy atom. The van der Waals surface area contributed by atoms with E-state index >= 15 is 0 Å². The minimum absolute atomic E-state index is 0.0907. The van der Waals surface area contributed by atoms with Crippen molar-refractivity contribution < 1.29 is 19.7 Å². The Balaban J connectivity index is 1.52. The predicted molar refractivity (Wildman–Crippen MR) is 150 cm³/mol. The van der Waals surface area contributed by atoms with Crippen molar-refractivity contribution in [3.8, 4) is 11.5 Å². The number of aryl methyl sites for hydroxylation is 1. The Kier molecular flexibility index (Phi) is 11.7. The molecule has 0 saturated carbocycles. The number of aliphatic imine (C=N–C) groups is 1. The standard InChI is InChI=1S/C30H45N3O4/c1-5-7-8-25-12-13-26(37-25)11-9-23-10-14-29(35)30(15-23)36-20-28(32-6-2)27-16-24(19-33-27)21(3)17-31-18-22(4)34/h10,12-16,19,21-22,25,28,31-32,34-35H,5-9,11,17-18,20H2,1-4H3/t21-,22+,25?,28+/m1/s1. The van der Waals surface area contributed by atoms with Crippen LogP contribution in [-0.2, 0) is 11.2 Å². The zero-order valence-corrected chi connectivity index (χ0v) is 22.9. The van der Waals surface area contributed by atoms with Crippen molar-refractivity contribution >= 4 is 6.21 Å². The summed E-state index contributed by atoms with van der Waals surface area (Å²) in [4.78, 5) is 4.64. The highest BCUT2D eigenvalue weighted by atomic mass is 16.5. The minimum atomic E-state index is -0.361. The Morgan fingerprint density at radius 1 is 1.22 bits per heavy atom. The maximum Gasteiger partial charge on any atom is 0.176 e. The molecule has 0 aliphatic carbocycles. The molecule has 2 aliphatic rings. The molecule has 0 radical (unpaired) electrons. The monoisotopic (exact) mass is 511 g/mol. The molecule has 1 aromatic carbocycles. The molecule has 204 valence electrons. The van der Waals surface area contributed by atoms with Crippen LogP contribution in [0.25, 0.3) is 0 Å². The van der Waals surface area contributed by atoms with Crippen molar-refractivity contribution in [3.63, 3.8) is 0 Å². The summed E-state index contributed by atoms with van der Waals surface area (Å²) >= 11 is 0. The molecule has 0 bridgehead atoms. The van der Waals surface area contributed by atoms with Crippen LogP contribution in [0.3, 0.4) is 0 Å². The van der Waals surface area contributed by atoms with Gasteiger partial charge in [0.25, 0.3) is 0 Å². The minimum Gasteiger partial charge on any atom is -0.592 e. The molecule has 7 heteroatoms. The number of aromatic hydroxyl groups is 1. The van der Waals surface area contributed by atoms with E-state index in [9.17, 15) is 10.2 Å². The van der Waals surface area contributed by atoms with E-state index in [1.807, 2.05) is 18.3 Å². The Morgan fingerprint density at radius 2 is 2.05 bits per heavy atom. The fourth-order valence-corrected chi connectivity index (χ4v) is 4.44. The fraction of sp³-hybridized carbons (Fsp3) is 0.567. The number of nitrogens with one attached hydrogen (secondary N) is 2. The van der Waals surface area contributed by atoms with Gasteiger partial charge in [-0.2, -0.15) is 12.5 Å². The van der Waals surface area contributed by atoms with Gasteiger partial charge in [0.05, 0.1) is 18.1 Å². The van der Waals surface area contributed by atoms with Crippen LogP contribution in [-0.4, -0.2) is 60.9 Å². The molecule has 7 nitrogen and oxygen atoms in total. The number of benzene rings is 1. The van der Waals surface area contributed by atoms with E-state index in [1.54, 1.807) is 13.0 Å². The van der Waals surface area contributed by atoms with Gasteiger partial charge in [0.15, 0.2) is 23.8 Å². The summed E-state index contributed by atoms with van der Waals surface area (Å²) in [6, 6.07) is 6.40. The average Bonchev–Trinajstić information content (AvgIpc) is 3.55. The van der Waals surface area contributed by atoms with Crippen molar-refractivity contribution in [1.82, 2.24) is 10.6 Å². The molecule has 4 atom stereocenters. The first-order valence-electron chi connectivity index (χ1n) is 13.8. The second-order valence-electron chi connectivity index (χ2n) is 10.1. The van der Waals surface area contributed by atoms with E-state index in [0.717, 1.165) is 55.3 Å². The molecule has 0 spiro atoms. The third-order valence-corrected chi connectivity index (χ3v) is 6.68. The molecule has 2 aliphatic heterocycles. The number of ether oxygens (including phenoxy) is 2. The van der Waals surface area contributed by atoms with Crippen LogP contribution in [0.15, 0.2) is 46.7 Å². The van der Waals surface area contributed by atoms with Gasteiger partial charge in [-0.15, -0.1) is 4.99 Å². The van der Waals surface area contributed by atoms with Crippen molar-refractivity contribution in [2.75, 3.05) is 26.2 Å². The number of likely N-dealkylation sites (N-methyl/N-ethyl adjacent to an activating group) is 1. The molecule has 1 aromatic rings. The van der Waals surface area contributed by atoms with Crippen LogP contribution in [0.2, 0.25) is 0 Å². The van der Waals surface area contributed by atoms with E-state index in [2.05, 4.69) is 55.0 Å². The maximum absolute atomic E-state index is 10.4. The molecule has 2 heterocycles. The third kappa shape index (κ3) is 9.33. The summed E-state index contributed by atoms with van der Waals surface area (Å²) < 4.78 is 12.1. The molecule has 0 saturated heterocycles. The first-order valence-corrected chi connectivity index (χ1v) is 13.8. The smallest absolute Gasteiger partial charge is 0.176 e. The number of nitrogens with zero attached hydrogens (tertiary/aromatic N) is 1. The van der Waals surface area contributed by atoms with Crippen molar-refractivity contribution in [2.45, 2.75) is 78.0 Å². The molecular formula is C30H45N3O4. The Labute approximate surface area is 223 Å². The van der Waals surface area contributed by atoms with Crippen LogP contribution >= 0.6 is 0 Å². The molecule has 0 fully saturated rings. The molecular weight excluding hydrogens is 466 g/mol. The number of allylic oxidation sites excluding steroid dienone is 1. The van der Waals surface area contributed by atoms with Crippen molar-refractivity contribution in [2.24, 2.45) is 10.9 Å². The normalized spacial score (nSPS) is 19.2.